The summed E-state index contributed by atoms with van der Waals surface area (Å²) in [5, 5.41) is 0.921. The highest BCUT2D eigenvalue weighted by Gasteiger charge is 2.06. The van der Waals surface area contributed by atoms with Gasteiger partial charge in [0.25, 0.3) is 0 Å². The Labute approximate surface area is 109 Å². The van der Waals surface area contributed by atoms with Crippen LogP contribution in [0.5, 0.6) is 0 Å². The van der Waals surface area contributed by atoms with Gasteiger partial charge in [-0.3, -0.25) is 0 Å². The van der Waals surface area contributed by atoms with Crippen LogP contribution in [0.15, 0.2) is 35.6 Å². The topological polar surface area (TPSA) is 17.8 Å². The number of nitrogens with zero attached hydrogens (tertiary/aromatic N) is 2. The van der Waals surface area contributed by atoms with E-state index in [0.29, 0.717) is 5.88 Å². The molecule has 2 nitrogen and oxygen atoms in total. The maximum Gasteiger partial charge on any atom is 0.168 e. The summed E-state index contributed by atoms with van der Waals surface area (Å²) in [7, 11) is 1.94. The molecular formula is C12H12ClFN2S. The molecular weight excluding hydrogens is 259 g/mol. The Morgan fingerprint density at radius 3 is 2.65 bits per heavy atom. The van der Waals surface area contributed by atoms with Gasteiger partial charge in [-0.1, -0.05) is 23.9 Å². The maximum absolute atomic E-state index is 12.7. The fourth-order valence-electron chi connectivity index (χ4n) is 1.41. The molecule has 1 heterocycles. The first-order valence-corrected chi connectivity index (χ1v) is 6.66. The number of hydrogen-bond acceptors (Lipinski definition) is 2. The van der Waals surface area contributed by atoms with Gasteiger partial charge in [0.1, 0.15) is 5.82 Å². The van der Waals surface area contributed by atoms with Crippen molar-refractivity contribution in [2.24, 2.45) is 7.05 Å². The maximum atomic E-state index is 12.7. The molecule has 17 heavy (non-hydrogen) atoms. The Balaban J connectivity index is 2.02. The fraction of sp³-hybridized carbons (Fsp3) is 0.250. The molecule has 0 unspecified atom stereocenters. The van der Waals surface area contributed by atoms with Gasteiger partial charge in [-0.05, 0) is 17.7 Å². The van der Waals surface area contributed by atoms with Crippen molar-refractivity contribution in [2.45, 2.75) is 16.8 Å². The SMILES string of the molecule is Cn1c(CCl)cnc1SCc1ccc(F)cc1. The lowest BCUT2D eigenvalue weighted by atomic mass is 10.2. The van der Waals surface area contributed by atoms with Crippen molar-refractivity contribution in [3.8, 4) is 0 Å². The number of thioether (sulfide) groups is 1. The first-order chi connectivity index (χ1) is 8.20. The van der Waals surface area contributed by atoms with Crippen molar-refractivity contribution in [3.05, 3.63) is 47.5 Å². The molecule has 1 aromatic carbocycles. The largest absolute Gasteiger partial charge is 0.325 e. The van der Waals surface area contributed by atoms with Crippen molar-refractivity contribution < 1.29 is 4.39 Å². The van der Waals surface area contributed by atoms with Crippen LogP contribution in [0, 0.1) is 5.82 Å². The molecule has 0 aliphatic heterocycles. The number of halogens is 2. The Morgan fingerprint density at radius 1 is 1.35 bits per heavy atom. The molecule has 5 heteroatoms. The number of imidazole rings is 1. The Kier molecular flexibility index (Phi) is 4.07. The summed E-state index contributed by atoms with van der Waals surface area (Å²) in [6.45, 7) is 0. The van der Waals surface area contributed by atoms with Gasteiger partial charge in [0.15, 0.2) is 5.16 Å². The molecule has 90 valence electrons. The number of aromatic nitrogens is 2. The van der Waals surface area contributed by atoms with E-state index in [4.69, 9.17) is 11.6 Å². The molecule has 0 aliphatic rings. The van der Waals surface area contributed by atoms with Crippen LogP contribution in [0.3, 0.4) is 0 Å². The molecule has 0 N–H and O–H groups in total. The molecule has 0 spiro atoms. The van der Waals surface area contributed by atoms with E-state index >= 15 is 0 Å². The molecule has 2 rings (SSSR count). The summed E-state index contributed by atoms with van der Waals surface area (Å²) in [4.78, 5) is 4.29. The number of benzene rings is 1. The summed E-state index contributed by atoms with van der Waals surface area (Å²) in [6, 6.07) is 6.51. The van der Waals surface area contributed by atoms with Gasteiger partial charge < -0.3 is 4.57 Å². The molecule has 2 aromatic rings. The third-order valence-corrected chi connectivity index (χ3v) is 3.85. The average Bonchev–Trinajstić information content (AvgIpc) is 2.69. The minimum absolute atomic E-state index is 0.208. The van der Waals surface area contributed by atoms with E-state index in [1.165, 1.54) is 12.1 Å². The molecule has 0 fully saturated rings. The van der Waals surface area contributed by atoms with Gasteiger partial charge in [-0.15, -0.1) is 11.6 Å². The third kappa shape index (κ3) is 3.01. The smallest absolute Gasteiger partial charge is 0.168 e. The van der Waals surface area contributed by atoms with E-state index in [1.54, 1.807) is 30.1 Å². The Bertz CT molecular complexity index is 496. The summed E-state index contributed by atoms with van der Waals surface area (Å²) in [5.74, 6) is 1.02. The molecule has 1 aromatic heterocycles. The zero-order valence-corrected chi connectivity index (χ0v) is 10.9. The van der Waals surface area contributed by atoms with Crippen molar-refractivity contribution >= 4 is 23.4 Å². The standard InChI is InChI=1S/C12H12ClFN2S/c1-16-11(6-13)7-15-12(16)17-8-9-2-4-10(14)5-3-9/h2-5,7H,6,8H2,1H3. The monoisotopic (exact) mass is 270 g/mol. The summed E-state index contributed by atoms with van der Waals surface area (Å²) >= 11 is 7.38. The zero-order chi connectivity index (χ0) is 12.3. The van der Waals surface area contributed by atoms with E-state index in [1.807, 2.05) is 11.6 Å². The zero-order valence-electron chi connectivity index (χ0n) is 9.36. The van der Waals surface area contributed by atoms with E-state index < -0.39 is 0 Å². The summed E-state index contributed by atoms with van der Waals surface area (Å²) < 4.78 is 14.7. The van der Waals surface area contributed by atoms with E-state index in [0.717, 1.165) is 22.2 Å². The molecule has 0 bridgehead atoms. The molecule has 0 aliphatic carbocycles. The lowest BCUT2D eigenvalue weighted by Gasteiger charge is -2.03. The number of rotatable bonds is 4. The average molecular weight is 271 g/mol. The first-order valence-electron chi connectivity index (χ1n) is 5.14. The van der Waals surface area contributed by atoms with Crippen LogP contribution in [0.4, 0.5) is 4.39 Å². The normalized spacial score (nSPS) is 10.8. The highest BCUT2D eigenvalue weighted by molar-refractivity contribution is 7.98. The first kappa shape index (κ1) is 12.5. The predicted octanol–water partition coefficient (Wildman–Crippen LogP) is 3.59. The van der Waals surface area contributed by atoms with Gasteiger partial charge >= 0.3 is 0 Å². The van der Waals surface area contributed by atoms with Crippen LogP contribution in [-0.2, 0) is 18.7 Å². The minimum Gasteiger partial charge on any atom is -0.325 e. The summed E-state index contributed by atoms with van der Waals surface area (Å²) in [5.41, 5.74) is 2.07. The summed E-state index contributed by atoms with van der Waals surface area (Å²) in [6.07, 6.45) is 1.78. The van der Waals surface area contributed by atoms with Gasteiger partial charge in [0, 0.05) is 12.8 Å². The van der Waals surface area contributed by atoms with Crippen LogP contribution in [0.25, 0.3) is 0 Å². The highest BCUT2D eigenvalue weighted by atomic mass is 35.5. The third-order valence-electron chi connectivity index (χ3n) is 2.46. The lowest BCUT2D eigenvalue weighted by Crippen LogP contribution is -1.95. The Morgan fingerprint density at radius 2 is 2.06 bits per heavy atom. The fourth-order valence-corrected chi connectivity index (χ4v) is 2.59. The van der Waals surface area contributed by atoms with Gasteiger partial charge in [-0.2, -0.15) is 0 Å². The van der Waals surface area contributed by atoms with Gasteiger partial charge in [0.2, 0.25) is 0 Å². The second kappa shape index (κ2) is 5.56. The van der Waals surface area contributed by atoms with Crippen LogP contribution in [-0.4, -0.2) is 9.55 Å². The molecule has 0 amide bonds. The molecule has 0 radical (unpaired) electrons. The van der Waals surface area contributed by atoms with E-state index in [-0.39, 0.29) is 5.82 Å². The molecule has 0 saturated heterocycles. The van der Waals surface area contributed by atoms with Crippen molar-refractivity contribution in [1.29, 1.82) is 0 Å². The van der Waals surface area contributed by atoms with Crippen molar-refractivity contribution in [3.63, 3.8) is 0 Å². The lowest BCUT2D eigenvalue weighted by molar-refractivity contribution is 0.627. The molecule has 0 atom stereocenters. The number of alkyl halides is 1. The highest BCUT2D eigenvalue weighted by Crippen LogP contribution is 2.22. The van der Waals surface area contributed by atoms with E-state index in [9.17, 15) is 4.39 Å². The van der Waals surface area contributed by atoms with E-state index in [2.05, 4.69) is 4.98 Å². The predicted molar refractivity (Wildman–Crippen MR) is 68.7 cm³/mol. The van der Waals surface area contributed by atoms with Gasteiger partial charge in [0.05, 0.1) is 17.8 Å². The Hall–Kier alpha value is -1.00. The van der Waals surface area contributed by atoms with Crippen LogP contribution in [0.1, 0.15) is 11.3 Å². The second-order valence-electron chi connectivity index (χ2n) is 3.64. The van der Waals surface area contributed by atoms with Crippen molar-refractivity contribution in [1.82, 2.24) is 9.55 Å². The van der Waals surface area contributed by atoms with Crippen LogP contribution >= 0.6 is 23.4 Å². The second-order valence-corrected chi connectivity index (χ2v) is 4.85. The minimum atomic E-state index is -0.208. The van der Waals surface area contributed by atoms with Crippen LogP contribution in [0.2, 0.25) is 0 Å². The molecule has 0 saturated carbocycles. The van der Waals surface area contributed by atoms with Crippen LogP contribution < -0.4 is 0 Å². The quantitative estimate of drug-likeness (QED) is 0.624. The van der Waals surface area contributed by atoms with Gasteiger partial charge in [-0.25, -0.2) is 9.37 Å². The van der Waals surface area contributed by atoms with Crippen molar-refractivity contribution in [2.75, 3.05) is 0 Å². The number of hydrogen-bond donors (Lipinski definition) is 0.